The van der Waals surface area contributed by atoms with Gasteiger partial charge in [-0.25, -0.2) is 24.0 Å². The average Bonchev–Trinajstić information content (AvgIpc) is 0.831. The number of carbonyl (C=O) groups is 15. The van der Waals surface area contributed by atoms with Gasteiger partial charge in [-0.15, -0.1) is 0 Å². The van der Waals surface area contributed by atoms with Crippen LogP contribution in [0.4, 0.5) is 0 Å². The summed E-state index contributed by atoms with van der Waals surface area (Å²) in [7, 11) is 0. The molecule has 3 aliphatic carbocycles. The van der Waals surface area contributed by atoms with E-state index in [9.17, 15) is 82.1 Å². The minimum Gasteiger partial charge on any atom is -0.481 e. The van der Waals surface area contributed by atoms with Gasteiger partial charge >= 0.3 is 83.6 Å². The number of carboxylic acids is 6. The van der Waals surface area contributed by atoms with Crippen LogP contribution in [0.1, 0.15) is 237 Å². The summed E-state index contributed by atoms with van der Waals surface area (Å²) >= 11 is 0. The molecule has 4 rings (SSSR count). The topological polar surface area (TPSA) is 463 Å². The van der Waals surface area contributed by atoms with Gasteiger partial charge in [-0.1, -0.05) is 67.2 Å². The second-order valence-corrected chi connectivity index (χ2v) is 27.3. The van der Waals surface area contributed by atoms with Crippen LogP contribution in [0, 0.1) is 51.8 Å². The smallest absolute Gasteiger partial charge is 0.339 e. The minimum atomic E-state index is -1.59. The van der Waals surface area contributed by atoms with Crippen molar-refractivity contribution in [1.82, 2.24) is 5.32 Å². The number of amides is 1. The van der Waals surface area contributed by atoms with Gasteiger partial charge < -0.3 is 73.9 Å². The maximum absolute atomic E-state index is 12.8. The van der Waals surface area contributed by atoms with Crippen LogP contribution >= 0.6 is 0 Å². The van der Waals surface area contributed by atoms with Crippen LogP contribution in [-0.2, 0) is 95.4 Å². The first-order chi connectivity index (χ1) is 46.9. The van der Waals surface area contributed by atoms with Crippen LogP contribution in [0.3, 0.4) is 0 Å². The van der Waals surface area contributed by atoms with Gasteiger partial charge in [0.05, 0.1) is 76.0 Å². The van der Waals surface area contributed by atoms with E-state index in [4.69, 9.17) is 58.3 Å². The molecule has 4 atom stereocenters. The summed E-state index contributed by atoms with van der Waals surface area (Å²) in [4.78, 5) is 175. The highest BCUT2D eigenvalue weighted by molar-refractivity contribution is 6.04. The molecule has 30 nitrogen and oxygen atoms in total. The molecule has 3 fully saturated rings. The number of nitrogens with one attached hydrogen (secondary N) is 1. The molecule has 0 spiro atoms. The third-order valence-electron chi connectivity index (χ3n) is 18.3. The van der Waals surface area contributed by atoms with Crippen molar-refractivity contribution in [2.75, 3.05) is 39.6 Å². The lowest BCUT2D eigenvalue weighted by Gasteiger charge is -2.31. The maximum atomic E-state index is 12.8. The van der Waals surface area contributed by atoms with E-state index in [2.05, 4.69) is 5.32 Å². The molecular weight excluding hydrogens is 1330 g/mol. The van der Waals surface area contributed by atoms with Crippen molar-refractivity contribution in [1.29, 1.82) is 0 Å². The van der Waals surface area contributed by atoms with Gasteiger partial charge in [0, 0.05) is 16.6 Å². The summed E-state index contributed by atoms with van der Waals surface area (Å²) in [6, 6.07) is 3.03. The molecule has 3 aliphatic rings. The zero-order valence-electron chi connectivity index (χ0n) is 60.6. The Morgan fingerprint density at radius 2 is 0.941 bits per heavy atom. The van der Waals surface area contributed by atoms with E-state index < -0.39 is 130 Å². The minimum absolute atomic E-state index is 0.00854. The van der Waals surface area contributed by atoms with Crippen LogP contribution in [0.15, 0.2) is 29.3 Å². The Bertz CT molecular complexity index is 3040. The lowest BCUT2D eigenvalue weighted by atomic mass is 9.79. The first kappa shape index (κ1) is 90.0. The summed E-state index contributed by atoms with van der Waals surface area (Å²) in [6.07, 6.45) is 7.00. The van der Waals surface area contributed by atoms with Crippen molar-refractivity contribution < 1.29 is 140 Å². The number of rotatable bonds is 32. The highest BCUT2D eigenvalue weighted by Crippen LogP contribution is 2.35. The molecule has 4 unspecified atom stereocenters. The third kappa shape index (κ3) is 31.2. The van der Waals surface area contributed by atoms with Crippen LogP contribution in [0.2, 0.25) is 0 Å². The standard InChI is InChI=1S/C24H36O10.C17H20O8.C16H26O6.C14H23NO5/c1-4-24(2,3)23(31)32-13-18(33-21(29)16-11-7-5-9-14(16)19(25)26)34-22(30)17-12-8-6-10-15(17)20(27)28;1-4-17(2,3)16(23)25-8-7-24-15(22)12-9-10(13(18)19)5-6-11(12)14(20)21;1-4-16(2,3)22-13(17)9-10-21-15(20)12-7-5-11(6-8-12)14(18)19;1-6-14(4,5)13(19)15-7-8-20-12(18)10(3)9(2)11(16)17/h14-18H,4-13H2,1-3H3,(H,25,26)(H,27,28);5-6,9H,4,7-8H2,1-3H3,(H,18,19)(H,20,21);11-12H,4-10H2,1-3H3,(H,18,19);6-8H2,1-5H3,(H,15,19)(H,16,17)/b;;;10-9-. The number of carbonyl (C=O) groups excluding carboxylic acids is 9. The predicted octanol–water partition coefficient (Wildman–Crippen LogP) is 9.43. The van der Waals surface area contributed by atoms with Crippen molar-refractivity contribution >= 4 is 89.5 Å². The van der Waals surface area contributed by atoms with Crippen LogP contribution in [0.5, 0.6) is 0 Å². The van der Waals surface area contributed by atoms with Gasteiger partial charge in [-0.3, -0.25) is 47.9 Å². The van der Waals surface area contributed by atoms with Gasteiger partial charge in [-0.2, -0.15) is 0 Å². The number of hydrogen-bond donors (Lipinski definition) is 7. The highest BCUT2D eigenvalue weighted by Gasteiger charge is 2.42. The fourth-order valence-electron chi connectivity index (χ4n) is 9.64. The van der Waals surface area contributed by atoms with Crippen molar-refractivity contribution in [3.8, 4) is 0 Å². The SMILES string of the molecule is CCC(C)(C)C(=O)NCCOC(=O)/C(C)=C(/C)C(=O)O.CCC(C)(C)C(=O)OCC(OC(=O)C1CCCCC1C(=O)O)OC(=O)C1CCCCC1C(=O)O.CCC(C)(C)C(=O)OCCOC(=O)c1cc(C(=O)O)ccc1C(=O)O.CCC(C)(C)OC(=O)CCOC(=O)C1CCC(C(=O)O)CC1. The summed E-state index contributed by atoms with van der Waals surface area (Å²) in [5.74, 6) is -16.3. The Morgan fingerprint density at radius 3 is 1.38 bits per heavy atom. The molecule has 1 aromatic carbocycles. The van der Waals surface area contributed by atoms with Crippen LogP contribution in [0.25, 0.3) is 0 Å². The van der Waals surface area contributed by atoms with E-state index in [1.54, 1.807) is 27.7 Å². The lowest BCUT2D eigenvalue weighted by molar-refractivity contribution is -0.210. The number of carboxylic acid groups (broad SMARTS) is 6. The van der Waals surface area contributed by atoms with Crippen molar-refractivity contribution in [2.45, 2.75) is 218 Å². The molecule has 1 amide bonds. The lowest BCUT2D eigenvalue weighted by Crippen LogP contribution is -2.41. The number of aliphatic carboxylic acids is 4. The first-order valence-electron chi connectivity index (χ1n) is 33.9. The van der Waals surface area contributed by atoms with Crippen LogP contribution < -0.4 is 5.32 Å². The molecule has 0 heterocycles. The second kappa shape index (κ2) is 43.0. The summed E-state index contributed by atoms with van der Waals surface area (Å²) in [5.41, 5.74) is -3.43. The van der Waals surface area contributed by atoms with Gasteiger partial charge in [0.25, 0.3) is 6.29 Å². The molecule has 3 saturated carbocycles. The molecular formula is C71H105NO29. The van der Waals surface area contributed by atoms with E-state index in [1.165, 1.54) is 13.8 Å². The molecule has 30 heteroatoms. The van der Waals surface area contributed by atoms with E-state index in [0.29, 0.717) is 103 Å². The molecule has 1 aromatic rings. The number of hydrogen-bond acceptors (Lipinski definition) is 23. The monoisotopic (exact) mass is 1440 g/mol. The molecule has 0 aliphatic heterocycles. The fourth-order valence-corrected chi connectivity index (χ4v) is 9.64. The molecule has 0 aromatic heterocycles. The maximum Gasteiger partial charge on any atom is 0.339 e. The first-order valence-corrected chi connectivity index (χ1v) is 33.9. The van der Waals surface area contributed by atoms with Crippen molar-refractivity contribution in [3.63, 3.8) is 0 Å². The van der Waals surface area contributed by atoms with Gasteiger partial charge in [0.2, 0.25) is 5.91 Å². The fraction of sp³-hybridized carbons (Fsp3) is 0.676. The third-order valence-corrected chi connectivity index (χ3v) is 18.3. The molecule has 101 heavy (non-hydrogen) atoms. The molecule has 7 N–H and O–H groups in total. The normalized spacial score (nSPS) is 18.7. The molecule has 568 valence electrons. The van der Waals surface area contributed by atoms with Crippen molar-refractivity contribution in [3.05, 3.63) is 46.0 Å². The summed E-state index contributed by atoms with van der Waals surface area (Å²) < 4.78 is 41.1. The van der Waals surface area contributed by atoms with E-state index in [0.717, 1.165) is 18.2 Å². The van der Waals surface area contributed by atoms with Gasteiger partial charge in [0.1, 0.15) is 32.0 Å². The number of benzene rings is 1. The molecule has 0 saturated heterocycles. The van der Waals surface area contributed by atoms with Gasteiger partial charge in [0.15, 0.2) is 6.61 Å². The number of ether oxygens (including phenoxy) is 8. The Hall–Kier alpha value is -8.99. The molecule has 0 bridgehead atoms. The zero-order chi connectivity index (χ0) is 77.3. The number of esters is 8. The van der Waals surface area contributed by atoms with Crippen molar-refractivity contribution in [2.24, 2.45) is 51.8 Å². The second-order valence-electron chi connectivity index (χ2n) is 27.3. The molecule has 0 radical (unpaired) electrons. The number of aromatic carboxylic acids is 2. The Kier molecular flexibility index (Phi) is 38.3. The zero-order valence-corrected chi connectivity index (χ0v) is 60.6. The van der Waals surface area contributed by atoms with E-state index in [1.807, 2.05) is 55.4 Å². The van der Waals surface area contributed by atoms with Gasteiger partial charge in [-0.05, 0) is 151 Å². The Balaban J connectivity index is 0.000000689. The van der Waals surface area contributed by atoms with Crippen LogP contribution in [-0.4, -0.2) is 172 Å². The summed E-state index contributed by atoms with van der Waals surface area (Å²) in [5, 5.41) is 57.3. The quantitative estimate of drug-likeness (QED) is 0.0116. The van der Waals surface area contributed by atoms with E-state index in [-0.39, 0.29) is 96.9 Å². The highest BCUT2D eigenvalue weighted by atomic mass is 16.7. The van der Waals surface area contributed by atoms with E-state index >= 15 is 0 Å². The Morgan fingerprint density at radius 1 is 0.475 bits per heavy atom. The Labute approximate surface area is 588 Å². The largest absolute Gasteiger partial charge is 0.481 e. The summed E-state index contributed by atoms with van der Waals surface area (Å²) in [6.45, 7) is 23.6. The average molecular weight is 1440 g/mol. The predicted molar refractivity (Wildman–Crippen MR) is 356 cm³/mol.